The fourth-order valence-electron chi connectivity index (χ4n) is 2.83. The summed E-state index contributed by atoms with van der Waals surface area (Å²) in [4.78, 5) is 14.4. The molecule has 6 heteroatoms. The lowest BCUT2D eigenvalue weighted by Gasteiger charge is -2.33. The molecular formula is C16H24BrClN2O2. The van der Waals surface area contributed by atoms with Crippen LogP contribution in [0.2, 0.25) is 0 Å². The molecule has 124 valence electrons. The van der Waals surface area contributed by atoms with E-state index in [1.165, 1.54) is 0 Å². The Morgan fingerprint density at radius 3 is 2.64 bits per heavy atom. The molecule has 0 aromatic heterocycles. The van der Waals surface area contributed by atoms with Crippen LogP contribution in [0.1, 0.15) is 25.3 Å². The second kappa shape index (κ2) is 8.75. The van der Waals surface area contributed by atoms with Crippen molar-refractivity contribution in [3.05, 3.63) is 28.2 Å². The Hall–Kier alpha value is -0.780. The van der Waals surface area contributed by atoms with Crippen LogP contribution in [0, 0.1) is 5.92 Å². The number of nitrogens with zero attached hydrogens (tertiary/aromatic N) is 1. The second-order valence-corrected chi connectivity index (χ2v) is 6.63. The zero-order chi connectivity index (χ0) is 15.4. The fraction of sp³-hybridized carbons (Fsp3) is 0.562. The Balaban J connectivity index is 0.00000242. The first kappa shape index (κ1) is 19.3. The summed E-state index contributed by atoms with van der Waals surface area (Å²) >= 11 is 3.44. The molecule has 1 amide bonds. The lowest BCUT2D eigenvalue weighted by molar-refractivity contribution is -0.131. The van der Waals surface area contributed by atoms with Crippen LogP contribution >= 0.6 is 28.3 Å². The van der Waals surface area contributed by atoms with Gasteiger partial charge in [-0.3, -0.25) is 4.79 Å². The molecule has 1 saturated heterocycles. The number of benzene rings is 1. The second-order valence-electron chi connectivity index (χ2n) is 5.71. The van der Waals surface area contributed by atoms with Crippen molar-refractivity contribution in [2.45, 2.75) is 32.2 Å². The van der Waals surface area contributed by atoms with E-state index in [4.69, 9.17) is 10.5 Å². The van der Waals surface area contributed by atoms with Gasteiger partial charge >= 0.3 is 0 Å². The van der Waals surface area contributed by atoms with Crippen molar-refractivity contribution in [2.24, 2.45) is 11.7 Å². The van der Waals surface area contributed by atoms with Crippen LogP contribution in [0.3, 0.4) is 0 Å². The number of hydrogen-bond acceptors (Lipinski definition) is 3. The number of methoxy groups -OCH3 is 1. The van der Waals surface area contributed by atoms with Gasteiger partial charge in [0.05, 0.1) is 13.5 Å². The minimum atomic E-state index is 0. The molecule has 1 atom stereocenters. The fourth-order valence-corrected chi connectivity index (χ4v) is 3.24. The van der Waals surface area contributed by atoms with Gasteiger partial charge in [-0.25, -0.2) is 0 Å². The van der Waals surface area contributed by atoms with Gasteiger partial charge in [-0.1, -0.05) is 15.9 Å². The maximum atomic E-state index is 12.4. The van der Waals surface area contributed by atoms with Crippen molar-refractivity contribution >= 4 is 34.2 Å². The molecule has 1 aromatic rings. The highest BCUT2D eigenvalue weighted by molar-refractivity contribution is 9.10. The minimum absolute atomic E-state index is 0. The average molecular weight is 392 g/mol. The third-order valence-electron chi connectivity index (χ3n) is 4.22. The highest BCUT2D eigenvalue weighted by atomic mass is 79.9. The smallest absolute Gasteiger partial charge is 0.227 e. The Morgan fingerprint density at radius 2 is 2.09 bits per heavy atom. The molecule has 1 unspecified atom stereocenters. The van der Waals surface area contributed by atoms with Crippen LogP contribution in [0.15, 0.2) is 22.7 Å². The van der Waals surface area contributed by atoms with E-state index in [0.717, 1.165) is 41.7 Å². The molecule has 1 heterocycles. The summed E-state index contributed by atoms with van der Waals surface area (Å²) in [6.07, 6.45) is 2.38. The van der Waals surface area contributed by atoms with Gasteiger partial charge < -0.3 is 15.4 Å². The predicted octanol–water partition coefficient (Wildman–Crippen LogP) is 3.01. The topological polar surface area (TPSA) is 55.6 Å². The number of piperidine rings is 1. The number of halogens is 2. The SMILES string of the molecule is COc1ccc(Br)cc1CC(=O)N1CCC(C(C)N)CC1.Cl. The summed E-state index contributed by atoms with van der Waals surface area (Å²) in [7, 11) is 1.63. The van der Waals surface area contributed by atoms with Crippen molar-refractivity contribution in [3.8, 4) is 5.75 Å². The molecule has 1 aliphatic rings. The summed E-state index contributed by atoms with van der Waals surface area (Å²) in [5, 5.41) is 0. The zero-order valence-electron chi connectivity index (χ0n) is 13.0. The van der Waals surface area contributed by atoms with Crippen molar-refractivity contribution in [1.29, 1.82) is 0 Å². The zero-order valence-corrected chi connectivity index (χ0v) is 15.5. The number of amides is 1. The first-order chi connectivity index (χ1) is 10.0. The van der Waals surface area contributed by atoms with Crippen LogP contribution in [0.25, 0.3) is 0 Å². The number of likely N-dealkylation sites (tertiary alicyclic amines) is 1. The molecule has 0 radical (unpaired) electrons. The van der Waals surface area contributed by atoms with Crippen molar-refractivity contribution in [2.75, 3.05) is 20.2 Å². The number of nitrogens with two attached hydrogens (primary N) is 1. The monoisotopic (exact) mass is 390 g/mol. The molecule has 0 aliphatic carbocycles. The lowest BCUT2D eigenvalue weighted by Crippen LogP contribution is -2.43. The molecule has 0 saturated carbocycles. The standard InChI is InChI=1S/C16H23BrN2O2.ClH/c1-11(18)12-5-7-19(8-6-12)16(20)10-13-9-14(17)3-4-15(13)21-2;/h3-4,9,11-12H,5-8,10,18H2,1-2H3;1H. The molecular weight excluding hydrogens is 368 g/mol. The maximum Gasteiger partial charge on any atom is 0.227 e. The summed E-state index contributed by atoms with van der Waals surface area (Å²) in [6, 6.07) is 5.97. The normalized spacial score (nSPS) is 16.8. The van der Waals surface area contributed by atoms with Gasteiger partial charge in [-0.05, 0) is 43.9 Å². The molecule has 2 N–H and O–H groups in total. The van der Waals surface area contributed by atoms with Crippen molar-refractivity contribution in [1.82, 2.24) is 4.90 Å². The van der Waals surface area contributed by atoms with Gasteiger partial charge in [0.25, 0.3) is 0 Å². The first-order valence-corrected chi connectivity index (χ1v) is 8.16. The van der Waals surface area contributed by atoms with Crippen LogP contribution in [-0.2, 0) is 11.2 Å². The van der Waals surface area contributed by atoms with Gasteiger partial charge in [0, 0.05) is 29.2 Å². The van der Waals surface area contributed by atoms with E-state index >= 15 is 0 Å². The van der Waals surface area contributed by atoms with Gasteiger partial charge in [0.2, 0.25) is 5.91 Å². The molecule has 4 nitrogen and oxygen atoms in total. The lowest BCUT2D eigenvalue weighted by atomic mass is 9.91. The largest absolute Gasteiger partial charge is 0.496 e. The Bertz CT molecular complexity index is 503. The number of carbonyl (C=O) groups is 1. The quantitative estimate of drug-likeness (QED) is 0.858. The van der Waals surface area contributed by atoms with Gasteiger partial charge in [-0.15, -0.1) is 12.4 Å². The van der Waals surface area contributed by atoms with E-state index in [0.29, 0.717) is 12.3 Å². The molecule has 0 bridgehead atoms. The van der Waals surface area contributed by atoms with Crippen LogP contribution in [0.4, 0.5) is 0 Å². The number of rotatable bonds is 4. The molecule has 1 aliphatic heterocycles. The number of ether oxygens (including phenoxy) is 1. The molecule has 22 heavy (non-hydrogen) atoms. The number of hydrogen-bond donors (Lipinski definition) is 1. The summed E-state index contributed by atoms with van der Waals surface area (Å²) in [5.41, 5.74) is 6.86. The molecule has 1 fully saturated rings. The predicted molar refractivity (Wildman–Crippen MR) is 94.6 cm³/mol. The van der Waals surface area contributed by atoms with E-state index in [2.05, 4.69) is 22.9 Å². The van der Waals surface area contributed by atoms with Gasteiger partial charge in [0.15, 0.2) is 0 Å². The van der Waals surface area contributed by atoms with E-state index < -0.39 is 0 Å². The van der Waals surface area contributed by atoms with Crippen molar-refractivity contribution < 1.29 is 9.53 Å². The maximum absolute atomic E-state index is 12.4. The Labute approximate surface area is 146 Å². The molecule has 1 aromatic carbocycles. The van der Waals surface area contributed by atoms with E-state index in [9.17, 15) is 4.79 Å². The third-order valence-corrected chi connectivity index (χ3v) is 4.71. The number of carbonyl (C=O) groups excluding carboxylic acids is 1. The van der Waals surface area contributed by atoms with Crippen LogP contribution in [-0.4, -0.2) is 37.0 Å². The van der Waals surface area contributed by atoms with Crippen molar-refractivity contribution in [3.63, 3.8) is 0 Å². The van der Waals surface area contributed by atoms with Crippen LogP contribution in [0.5, 0.6) is 5.75 Å². The molecule has 2 rings (SSSR count). The van der Waals surface area contributed by atoms with Gasteiger partial charge in [-0.2, -0.15) is 0 Å². The highest BCUT2D eigenvalue weighted by Gasteiger charge is 2.25. The highest BCUT2D eigenvalue weighted by Crippen LogP contribution is 2.25. The van der Waals surface area contributed by atoms with Gasteiger partial charge in [0.1, 0.15) is 5.75 Å². The van der Waals surface area contributed by atoms with Crippen LogP contribution < -0.4 is 10.5 Å². The summed E-state index contributed by atoms with van der Waals surface area (Å²) < 4.78 is 6.29. The first-order valence-electron chi connectivity index (χ1n) is 7.37. The summed E-state index contributed by atoms with van der Waals surface area (Å²) in [5.74, 6) is 1.46. The van der Waals surface area contributed by atoms with E-state index in [1.54, 1.807) is 7.11 Å². The Kier molecular flexibility index (Phi) is 7.66. The Morgan fingerprint density at radius 1 is 1.45 bits per heavy atom. The third kappa shape index (κ3) is 4.86. The minimum Gasteiger partial charge on any atom is -0.496 e. The van der Waals surface area contributed by atoms with E-state index in [1.807, 2.05) is 23.1 Å². The summed E-state index contributed by atoms with van der Waals surface area (Å²) in [6.45, 7) is 3.66. The average Bonchev–Trinajstić information content (AvgIpc) is 2.47. The van der Waals surface area contributed by atoms with E-state index in [-0.39, 0.29) is 24.4 Å². The molecule has 0 spiro atoms.